The van der Waals surface area contributed by atoms with E-state index in [1.54, 1.807) is 7.11 Å². The molecule has 0 bridgehead atoms. The molecule has 0 fully saturated rings. The van der Waals surface area contributed by atoms with Crippen molar-refractivity contribution in [2.75, 3.05) is 13.7 Å². The van der Waals surface area contributed by atoms with E-state index < -0.39 is 0 Å². The summed E-state index contributed by atoms with van der Waals surface area (Å²) in [5.41, 5.74) is 1.28. The Morgan fingerprint density at radius 3 is 2.50 bits per heavy atom. The lowest BCUT2D eigenvalue weighted by molar-refractivity contribution is 0.0259. The largest absolute Gasteiger partial charge is 0.388 e. The molecule has 1 N–H and O–H groups in total. The van der Waals surface area contributed by atoms with Crippen LogP contribution in [0.4, 0.5) is 0 Å². The van der Waals surface area contributed by atoms with Crippen LogP contribution in [0, 0.1) is 0 Å². The molecule has 0 saturated carbocycles. The number of rotatable bonds is 5. The van der Waals surface area contributed by atoms with Gasteiger partial charge < -0.3 is 10.1 Å². The molecule has 0 aliphatic heterocycles. The van der Waals surface area contributed by atoms with Crippen molar-refractivity contribution in [2.45, 2.75) is 39.7 Å². The second-order valence-electron chi connectivity index (χ2n) is 3.69. The molecule has 0 saturated heterocycles. The first-order chi connectivity index (χ1) is 5.52. The van der Waals surface area contributed by atoms with E-state index >= 15 is 0 Å². The first kappa shape index (κ1) is 11.5. The molecule has 0 aromatic carbocycles. The Bertz CT molecular complexity index is 150. The minimum Gasteiger partial charge on any atom is -0.388 e. The summed E-state index contributed by atoms with van der Waals surface area (Å²) < 4.78 is 5.26. The van der Waals surface area contributed by atoms with Gasteiger partial charge >= 0.3 is 0 Å². The summed E-state index contributed by atoms with van der Waals surface area (Å²) in [7, 11) is 1.73. The number of methoxy groups -OCH3 is 1. The molecule has 0 aromatic heterocycles. The van der Waals surface area contributed by atoms with Crippen molar-refractivity contribution in [3.63, 3.8) is 0 Å². The summed E-state index contributed by atoms with van der Waals surface area (Å²) in [5.74, 6) is 0. The molecule has 0 aromatic rings. The van der Waals surface area contributed by atoms with Crippen LogP contribution >= 0.6 is 0 Å². The summed E-state index contributed by atoms with van der Waals surface area (Å²) in [6.07, 6.45) is 3.15. The van der Waals surface area contributed by atoms with E-state index in [-0.39, 0.29) is 5.60 Å². The highest BCUT2D eigenvalue weighted by atomic mass is 16.5. The van der Waals surface area contributed by atoms with Gasteiger partial charge in [0.1, 0.15) is 0 Å². The molecule has 0 amide bonds. The number of allylic oxidation sites excluding steroid dienone is 1. The molecule has 0 aliphatic carbocycles. The zero-order valence-electron chi connectivity index (χ0n) is 8.90. The van der Waals surface area contributed by atoms with E-state index in [4.69, 9.17) is 4.74 Å². The topological polar surface area (TPSA) is 21.3 Å². The molecule has 0 rings (SSSR count). The average molecular weight is 171 g/mol. The molecule has 0 atom stereocenters. The third-order valence-corrected chi connectivity index (χ3v) is 1.99. The Balaban J connectivity index is 3.69. The van der Waals surface area contributed by atoms with Crippen molar-refractivity contribution in [3.05, 3.63) is 11.8 Å². The molecule has 0 aliphatic rings. The van der Waals surface area contributed by atoms with Gasteiger partial charge in [0.05, 0.1) is 5.60 Å². The van der Waals surface area contributed by atoms with E-state index in [0.717, 1.165) is 13.0 Å². The number of hydrogen-bond donors (Lipinski definition) is 1. The second kappa shape index (κ2) is 5.20. The molecular weight excluding hydrogens is 150 g/mol. The van der Waals surface area contributed by atoms with Crippen LogP contribution < -0.4 is 5.32 Å². The first-order valence-electron chi connectivity index (χ1n) is 4.46. The molecule has 12 heavy (non-hydrogen) atoms. The summed E-state index contributed by atoms with van der Waals surface area (Å²) in [4.78, 5) is 0. The molecule has 72 valence electrons. The Hall–Kier alpha value is -0.500. The number of hydrogen-bond acceptors (Lipinski definition) is 2. The first-order valence-corrected chi connectivity index (χ1v) is 4.46. The van der Waals surface area contributed by atoms with Gasteiger partial charge in [-0.2, -0.15) is 0 Å². The van der Waals surface area contributed by atoms with E-state index in [0.29, 0.717) is 0 Å². The molecule has 0 spiro atoms. The van der Waals surface area contributed by atoms with Crippen LogP contribution in [0.15, 0.2) is 11.8 Å². The summed E-state index contributed by atoms with van der Waals surface area (Å²) >= 11 is 0. The predicted octanol–water partition coefficient (Wildman–Crippen LogP) is 2.31. The van der Waals surface area contributed by atoms with E-state index in [1.807, 2.05) is 0 Å². The standard InChI is InChI=1S/C10H21NO/c1-6-9(2)7-11-8-10(3,4)12-5/h7,11H,6,8H2,1-5H3/b9-7-. The maximum Gasteiger partial charge on any atom is 0.0794 e. The van der Waals surface area contributed by atoms with Crippen LogP contribution in [0.2, 0.25) is 0 Å². The Morgan fingerprint density at radius 2 is 2.08 bits per heavy atom. The minimum absolute atomic E-state index is 0.0788. The normalized spacial score (nSPS) is 13.2. The van der Waals surface area contributed by atoms with Gasteiger partial charge in [-0.05, 0) is 33.4 Å². The molecule has 2 heteroatoms. The molecule has 2 nitrogen and oxygen atoms in total. The van der Waals surface area contributed by atoms with Gasteiger partial charge in [0, 0.05) is 13.7 Å². The predicted molar refractivity (Wildman–Crippen MR) is 53.1 cm³/mol. The molecule has 0 radical (unpaired) electrons. The summed E-state index contributed by atoms with van der Waals surface area (Å²) in [6.45, 7) is 9.24. The van der Waals surface area contributed by atoms with Crippen LogP contribution in [-0.2, 0) is 4.74 Å². The fourth-order valence-corrected chi connectivity index (χ4v) is 0.645. The zero-order chi connectivity index (χ0) is 9.61. The van der Waals surface area contributed by atoms with Crippen molar-refractivity contribution >= 4 is 0 Å². The van der Waals surface area contributed by atoms with Gasteiger partial charge in [0.25, 0.3) is 0 Å². The highest BCUT2D eigenvalue weighted by Crippen LogP contribution is 2.05. The van der Waals surface area contributed by atoms with Gasteiger partial charge in [0.15, 0.2) is 0 Å². The Labute approximate surface area is 76.0 Å². The van der Waals surface area contributed by atoms with Crippen molar-refractivity contribution in [3.8, 4) is 0 Å². The van der Waals surface area contributed by atoms with Gasteiger partial charge in [0.2, 0.25) is 0 Å². The molecular formula is C10H21NO. The van der Waals surface area contributed by atoms with Crippen molar-refractivity contribution in [1.29, 1.82) is 0 Å². The van der Waals surface area contributed by atoms with Crippen molar-refractivity contribution < 1.29 is 4.74 Å². The molecule has 0 unspecified atom stereocenters. The van der Waals surface area contributed by atoms with E-state index in [2.05, 4.69) is 39.2 Å². The zero-order valence-corrected chi connectivity index (χ0v) is 8.90. The smallest absolute Gasteiger partial charge is 0.0794 e. The lowest BCUT2D eigenvalue weighted by atomic mass is 10.1. The SMILES string of the molecule is CC/C(C)=C\NCC(C)(C)OC. The Kier molecular flexibility index (Phi) is 4.98. The number of nitrogens with one attached hydrogen (secondary N) is 1. The summed E-state index contributed by atoms with van der Waals surface area (Å²) in [5, 5.41) is 3.24. The Morgan fingerprint density at radius 1 is 1.50 bits per heavy atom. The van der Waals surface area contributed by atoms with E-state index in [9.17, 15) is 0 Å². The highest BCUT2D eigenvalue weighted by molar-refractivity contribution is 4.95. The van der Waals surface area contributed by atoms with Crippen LogP contribution in [0.3, 0.4) is 0 Å². The maximum absolute atomic E-state index is 5.26. The summed E-state index contributed by atoms with van der Waals surface area (Å²) in [6, 6.07) is 0. The van der Waals surface area contributed by atoms with E-state index in [1.165, 1.54) is 5.57 Å². The average Bonchev–Trinajstić information content (AvgIpc) is 2.04. The lowest BCUT2D eigenvalue weighted by Gasteiger charge is -2.22. The van der Waals surface area contributed by atoms with Gasteiger partial charge in [-0.3, -0.25) is 0 Å². The third kappa shape index (κ3) is 5.19. The maximum atomic E-state index is 5.26. The van der Waals surface area contributed by atoms with Gasteiger partial charge in [-0.1, -0.05) is 12.5 Å². The van der Waals surface area contributed by atoms with Gasteiger partial charge in [-0.15, -0.1) is 0 Å². The van der Waals surface area contributed by atoms with Crippen LogP contribution in [-0.4, -0.2) is 19.3 Å². The van der Waals surface area contributed by atoms with Crippen LogP contribution in [0.5, 0.6) is 0 Å². The second-order valence-corrected chi connectivity index (χ2v) is 3.69. The lowest BCUT2D eigenvalue weighted by Crippen LogP contribution is -2.34. The van der Waals surface area contributed by atoms with Gasteiger partial charge in [-0.25, -0.2) is 0 Å². The van der Waals surface area contributed by atoms with Crippen molar-refractivity contribution in [1.82, 2.24) is 5.32 Å². The van der Waals surface area contributed by atoms with Crippen LogP contribution in [0.1, 0.15) is 34.1 Å². The third-order valence-electron chi connectivity index (χ3n) is 1.99. The fraction of sp³-hybridized carbons (Fsp3) is 0.800. The van der Waals surface area contributed by atoms with Crippen LogP contribution in [0.25, 0.3) is 0 Å². The number of ether oxygens (including phenoxy) is 1. The van der Waals surface area contributed by atoms with Crippen molar-refractivity contribution in [2.24, 2.45) is 0 Å². The molecule has 0 heterocycles. The highest BCUT2D eigenvalue weighted by Gasteiger charge is 2.14. The fourth-order valence-electron chi connectivity index (χ4n) is 0.645. The minimum atomic E-state index is -0.0788. The monoisotopic (exact) mass is 171 g/mol. The quantitative estimate of drug-likeness (QED) is 0.685.